The molecule has 3 rings (SSSR count). The third-order valence-electron chi connectivity index (χ3n) is 3.93. The van der Waals surface area contributed by atoms with Crippen molar-refractivity contribution in [3.63, 3.8) is 0 Å². The molecule has 5 nitrogen and oxygen atoms in total. The van der Waals surface area contributed by atoms with Gasteiger partial charge < -0.3 is 10.4 Å². The van der Waals surface area contributed by atoms with Crippen LogP contribution in [0.2, 0.25) is 5.02 Å². The number of halogens is 1. The molecule has 0 amide bonds. The highest BCUT2D eigenvalue weighted by atomic mass is 35.5. The maximum Gasteiger partial charge on any atom is 0.0915 e. The van der Waals surface area contributed by atoms with Gasteiger partial charge in [-0.1, -0.05) is 41.1 Å². The van der Waals surface area contributed by atoms with Crippen LogP contribution in [0.4, 0.5) is 0 Å². The van der Waals surface area contributed by atoms with E-state index in [9.17, 15) is 5.11 Å². The molecule has 0 aliphatic rings. The van der Waals surface area contributed by atoms with Crippen molar-refractivity contribution < 1.29 is 5.11 Å². The Labute approximate surface area is 145 Å². The fourth-order valence-corrected chi connectivity index (χ4v) is 2.70. The lowest BCUT2D eigenvalue weighted by atomic mass is 10.1. The van der Waals surface area contributed by atoms with Crippen molar-refractivity contribution in [2.75, 3.05) is 6.54 Å². The van der Waals surface area contributed by atoms with Crippen molar-refractivity contribution >= 4 is 11.6 Å². The zero-order valence-electron chi connectivity index (χ0n) is 13.3. The second-order valence-electron chi connectivity index (χ2n) is 5.64. The number of aliphatic hydroxyl groups is 1. The van der Waals surface area contributed by atoms with Crippen molar-refractivity contribution in [1.82, 2.24) is 20.3 Å². The molecule has 3 aromatic rings. The summed E-state index contributed by atoms with van der Waals surface area (Å²) in [5, 5.41) is 22.0. The van der Waals surface area contributed by atoms with Gasteiger partial charge in [-0.2, -0.15) is 0 Å². The lowest BCUT2D eigenvalue weighted by Gasteiger charge is -2.18. The summed E-state index contributed by atoms with van der Waals surface area (Å²) in [6.45, 7) is 2.52. The van der Waals surface area contributed by atoms with Crippen molar-refractivity contribution in [2.24, 2.45) is 0 Å². The largest absolute Gasteiger partial charge is 0.387 e. The number of hydrogen-bond acceptors (Lipinski definition) is 4. The van der Waals surface area contributed by atoms with Crippen LogP contribution in [0.15, 0.2) is 60.9 Å². The number of nitrogens with one attached hydrogen (secondary N) is 1. The van der Waals surface area contributed by atoms with Crippen LogP contribution in [0, 0.1) is 0 Å². The van der Waals surface area contributed by atoms with E-state index in [1.54, 1.807) is 29.2 Å². The molecule has 0 radical (unpaired) electrons. The Kier molecular flexibility index (Phi) is 5.25. The molecule has 1 aromatic heterocycles. The van der Waals surface area contributed by atoms with Crippen LogP contribution in [0.3, 0.4) is 0 Å². The van der Waals surface area contributed by atoms with Crippen LogP contribution in [-0.4, -0.2) is 26.6 Å². The molecule has 2 atom stereocenters. The molecule has 6 heteroatoms. The van der Waals surface area contributed by atoms with Gasteiger partial charge in [0.25, 0.3) is 0 Å². The lowest BCUT2D eigenvalue weighted by Crippen LogP contribution is -2.24. The summed E-state index contributed by atoms with van der Waals surface area (Å²) in [4.78, 5) is 0. The summed E-state index contributed by atoms with van der Waals surface area (Å²) >= 11 is 5.96. The molecule has 0 aliphatic heterocycles. The number of hydrogen-bond donors (Lipinski definition) is 2. The molecule has 0 bridgehead atoms. The van der Waals surface area contributed by atoms with Gasteiger partial charge in [-0.15, -0.1) is 5.10 Å². The maximum absolute atomic E-state index is 10.3. The summed E-state index contributed by atoms with van der Waals surface area (Å²) < 4.78 is 1.71. The average molecular weight is 343 g/mol. The normalized spacial score (nSPS) is 13.6. The summed E-state index contributed by atoms with van der Waals surface area (Å²) in [7, 11) is 0. The number of nitrogens with zero attached hydrogens (tertiary/aromatic N) is 3. The quantitative estimate of drug-likeness (QED) is 0.721. The van der Waals surface area contributed by atoms with Crippen molar-refractivity contribution in [1.29, 1.82) is 0 Å². The van der Waals surface area contributed by atoms with E-state index in [0.29, 0.717) is 11.6 Å². The number of benzene rings is 2. The SMILES string of the molecule is CC(NCC(O)c1cccc(Cl)c1)c1ccc(-n2ccnn2)cc1. The molecule has 0 saturated carbocycles. The molecule has 0 saturated heterocycles. The first-order valence-corrected chi connectivity index (χ1v) is 8.15. The summed E-state index contributed by atoms with van der Waals surface area (Å²) in [5.74, 6) is 0. The number of rotatable bonds is 6. The maximum atomic E-state index is 10.3. The Morgan fingerprint density at radius 1 is 1.17 bits per heavy atom. The van der Waals surface area contributed by atoms with E-state index in [1.807, 2.05) is 36.4 Å². The van der Waals surface area contributed by atoms with Gasteiger partial charge in [-0.3, -0.25) is 0 Å². The van der Waals surface area contributed by atoms with Gasteiger partial charge in [-0.25, -0.2) is 4.68 Å². The Bertz CT molecular complexity index is 774. The predicted molar refractivity (Wildman–Crippen MR) is 94.2 cm³/mol. The van der Waals surface area contributed by atoms with Gasteiger partial charge >= 0.3 is 0 Å². The van der Waals surface area contributed by atoms with E-state index in [0.717, 1.165) is 16.8 Å². The van der Waals surface area contributed by atoms with Crippen molar-refractivity contribution in [3.05, 3.63) is 77.1 Å². The molecule has 1 heterocycles. The van der Waals surface area contributed by atoms with Crippen LogP contribution < -0.4 is 5.32 Å². The summed E-state index contributed by atoms with van der Waals surface area (Å²) in [5.41, 5.74) is 2.91. The first-order valence-electron chi connectivity index (χ1n) is 7.77. The highest BCUT2D eigenvalue weighted by molar-refractivity contribution is 6.30. The second kappa shape index (κ2) is 7.57. The van der Waals surface area contributed by atoms with Gasteiger partial charge in [0, 0.05) is 17.6 Å². The molecule has 2 aromatic carbocycles. The molecule has 0 fully saturated rings. The Morgan fingerprint density at radius 3 is 2.62 bits per heavy atom. The Balaban J connectivity index is 1.59. The minimum atomic E-state index is -0.597. The van der Waals surface area contributed by atoms with E-state index in [1.165, 1.54) is 0 Å². The third-order valence-corrected chi connectivity index (χ3v) is 4.17. The van der Waals surface area contributed by atoms with Gasteiger partial charge in [0.2, 0.25) is 0 Å². The Hall–Kier alpha value is -2.21. The van der Waals surface area contributed by atoms with E-state index in [4.69, 9.17) is 11.6 Å². The molecule has 2 N–H and O–H groups in total. The molecule has 0 aliphatic carbocycles. The fraction of sp³-hybridized carbons (Fsp3) is 0.222. The molecular weight excluding hydrogens is 324 g/mol. The van der Waals surface area contributed by atoms with Crippen LogP contribution >= 0.6 is 11.6 Å². The first kappa shape index (κ1) is 16.6. The first-order chi connectivity index (χ1) is 11.6. The Morgan fingerprint density at radius 2 is 1.96 bits per heavy atom. The van der Waals surface area contributed by atoms with Gasteiger partial charge in [-0.05, 0) is 42.3 Å². The van der Waals surface area contributed by atoms with E-state index < -0.39 is 6.10 Å². The number of aliphatic hydroxyl groups excluding tert-OH is 1. The lowest BCUT2D eigenvalue weighted by molar-refractivity contribution is 0.171. The van der Waals surface area contributed by atoms with E-state index >= 15 is 0 Å². The highest BCUT2D eigenvalue weighted by Gasteiger charge is 2.11. The van der Waals surface area contributed by atoms with Crippen LogP contribution in [0.5, 0.6) is 0 Å². The van der Waals surface area contributed by atoms with E-state index in [-0.39, 0.29) is 6.04 Å². The van der Waals surface area contributed by atoms with Crippen molar-refractivity contribution in [3.8, 4) is 5.69 Å². The minimum absolute atomic E-state index is 0.114. The average Bonchev–Trinajstić information content (AvgIpc) is 3.14. The van der Waals surface area contributed by atoms with E-state index in [2.05, 4.69) is 22.6 Å². The molecule has 0 spiro atoms. The van der Waals surface area contributed by atoms with Gasteiger partial charge in [0.05, 0.1) is 24.2 Å². The molecule has 2 unspecified atom stereocenters. The predicted octanol–water partition coefficient (Wildman–Crippen LogP) is 3.30. The minimum Gasteiger partial charge on any atom is -0.387 e. The monoisotopic (exact) mass is 342 g/mol. The van der Waals surface area contributed by atoms with Crippen LogP contribution in [-0.2, 0) is 0 Å². The summed E-state index contributed by atoms with van der Waals surface area (Å²) in [6.07, 6.45) is 2.86. The molecular formula is C18H19ClN4O. The zero-order chi connectivity index (χ0) is 16.9. The van der Waals surface area contributed by atoms with Gasteiger partial charge in [0.15, 0.2) is 0 Å². The smallest absolute Gasteiger partial charge is 0.0915 e. The second-order valence-corrected chi connectivity index (χ2v) is 6.08. The van der Waals surface area contributed by atoms with Gasteiger partial charge in [0.1, 0.15) is 0 Å². The third kappa shape index (κ3) is 4.00. The van der Waals surface area contributed by atoms with Crippen LogP contribution in [0.1, 0.15) is 30.2 Å². The van der Waals surface area contributed by atoms with Crippen molar-refractivity contribution in [2.45, 2.75) is 19.1 Å². The molecule has 24 heavy (non-hydrogen) atoms. The fourth-order valence-electron chi connectivity index (χ4n) is 2.50. The highest BCUT2D eigenvalue weighted by Crippen LogP contribution is 2.19. The van der Waals surface area contributed by atoms with Crippen LogP contribution in [0.25, 0.3) is 5.69 Å². The molecule has 124 valence electrons. The topological polar surface area (TPSA) is 63.0 Å². The zero-order valence-corrected chi connectivity index (χ0v) is 14.1. The standard InChI is InChI=1S/C18H19ClN4O/c1-13(20-12-18(24)15-3-2-4-16(19)11-15)14-5-7-17(8-6-14)23-10-9-21-22-23/h2-11,13,18,20,24H,12H2,1H3. The summed E-state index contributed by atoms with van der Waals surface area (Å²) in [6, 6.07) is 15.5. The number of aromatic nitrogens is 3.